The van der Waals surface area contributed by atoms with Gasteiger partial charge in [0, 0.05) is 17.9 Å². The summed E-state index contributed by atoms with van der Waals surface area (Å²) in [6.07, 6.45) is 4.48. The molecule has 1 rings (SSSR count). The topological polar surface area (TPSA) is 81.5 Å². The van der Waals surface area contributed by atoms with E-state index < -0.39 is 4.92 Å². The largest absolute Gasteiger partial charge is 0.490 e. The van der Waals surface area contributed by atoms with E-state index in [-0.39, 0.29) is 23.4 Å². The van der Waals surface area contributed by atoms with Gasteiger partial charge in [-0.1, -0.05) is 32.3 Å². The molecule has 7 heteroatoms. The maximum absolute atomic E-state index is 11.9. The Morgan fingerprint density at radius 3 is 2.79 bits per heavy atom. The third-order valence-corrected chi connectivity index (χ3v) is 4.59. The van der Waals surface area contributed by atoms with Gasteiger partial charge in [-0.3, -0.25) is 14.9 Å². The maximum Gasteiger partial charge on any atom is 0.311 e. The van der Waals surface area contributed by atoms with Crippen molar-refractivity contribution >= 4 is 23.4 Å². The third-order valence-electron chi connectivity index (χ3n) is 3.59. The van der Waals surface area contributed by atoms with Crippen molar-refractivity contribution in [3.05, 3.63) is 33.9 Å². The zero-order chi connectivity index (χ0) is 17.9. The van der Waals surface area contributed by atoms with Crippen molar-refractivity contribution in [1.82, 2.24) is 5.32 Å². The number of thioether (sulfide) groups is 1. The number of ether oxygens (including phenoxy) is 1. The number of methoxy groups -OCH3 is 1. The molecule has 0 aromatic heterocycles. The highest BCUT2D eigenvalue weighted by atomic mass is 32.2. The molecule has 1 aromatic carbocycles. The highest BCUT2D eigenvalue weighted by Crippen LogP contribution is 2.28. The number of hydrogen-bond donors (Lipinski definition) is 1. The molecule has 1 N–H and O–H groups in total. The van der Waals surface area contributed by atoms with Gasteiger partial charge < -0.3 is 10.1 Å². The van der Waals surface area contributed by atoms with Crippen molar-refractivity contribution in [2.24, 2.45) is 0 Å². The van der Waals surface area contributed by atoms with E-state index in [2.05, 4.69) is 12.2 Å². The molecule has 1 atom stereocenters. The molecule has 0 bridgehead atoms. The highest BCUT2D eigenvalue weighted by Gasteiger charge is 2.15. The summed E-state index contributed by atoms with van der Waals surface area (Å²) < 4.78 is 4.98. The van der Waals surface area contributed by atoms with Crippen molar-refractivity contribution in [1.29, 1.82) is 0 Å². The second-order valence-corrected chi connectivity index (χ2v) is 6.71. The van der Waals surface area contributed by atoms with E-state index in [1.54, 1.807) is 12.1 Å². The van der Waals surface area contributed by atoms with Crippen molar-refractivity contribution in [3.8, 4) is 5.75 Å². The van der Waals surface area contributed by atoms with Crippen molar-refractivity contribution in [2.75, 3.05) is 12.9 Å². The molecular weight excluding hydrogens is 328 g/mol. The molecule has 0 heterocycles. The molecule has 0 saturated carbocycles. The quantitative estimate of drug-likeness (QED) is 0.370. The zero-order valence-electron chi connectivity index (χ0n) is 14.5. The van der Waals surface area contributed by atoms with Crippen LogP contribution in [0.2, 0.25) is 0 Å². The second kappa shape index (κ2) is 10.9. The van der Waals surface area contributed by atoms with Gasteiger partial charge in [-0.05, 0) is 25.0 Å². The van der Waals surface area contributed by atoms with E-state index in [4.69, 9.17) is 4.74 Å². The van der Waals surface area contributed by atoms with Crippen LogP contribution in [-0.2, 0) is 10.5 Å². The number of nitrogens with one attached hydrogen (secondary N) is 1. The number of benzene rings is 1. The van der Waals surface area contributed by atoms with Gasteiger partial charge in [-0.25, -0.2) is 0 Å². The summed E-state index contributed by atoms with van der Waals surface area (Å²) in [6, 6.07) is 5.05. The predicted molar refractivity (Wildman–Crippen MR) is 97.6 cm³/mol. The third kappa shape index (κ3) is 7.21. The molecule has 0 aliphatic rings. The molecule has 0 aliphatic heterocycles. The standard InChI is InChI=1S/C17H26N2O4S/c1-4-5-6-7-13(2)18-17(20)12-24-11-14-8-9-16(23-3)15(10-14)19(21)22/h8-10,13H,4-7,11-12H2,1-3H3,(H,18,20). The van der Waals surface area contributed by atoms with Crippen molar-refractivity contribution < 1.29 is 14.5 Å². The van der Waals surface area contributed by atoms with E-state index in [1.807, 2.05) is 6.92 Å². The maximum atomic E-state index is 11.9. The van der Waals surface area contributed by atoms with Crippen LogP contribution in [0, 0.1) is 10.1 Å². The van der Waals surface area contributed by atoms with Crippen LogP contribution in [0.1, 0.15) is 45.1 Å². The lowest BCUT2D eigenvalue weighted by Gasteiger charge is -2.13. The Balaban J connectivity index is 2.40. The lowest BCUT2D eigenvalue weighted by atomic mass is 10.1. The fraction of sp³-hybridized carbons (Fsp3) is 0.588. The summed E-state index contributed by atoms with van der Waals surface area (Å²) in [5, 5.41) is 14.0. The number of nitro groups is 1. The first-order valence-electron chi connectivity index (χ1n) is 8.16. The molecule has 6 nitrogen and oxygen atoms in total. The average Bonchev–Trinajstić information content (AvgIpc) is 2.54. The van der Waals surface area contributed by atoms with Crippen LogP contribution in [0.25, 0.3) is 0 Å². The molecule has 0 saturated heterocycles. The summed E-state index contributed by atoms with van der Waals surface area (Å²) >= 11 is 1.44. The molecule has 0 radical (unpaired) electrons. The number of carbonyl (C=O) groups excluding carboxylic acids is 1. The number of nitro benzene ring substituents is 1. The van der Waals surface area contributed by atoms with Crippen LogP contribution in [0.5, 0.6) is 5.75 Å². The van der Waals surface area contributed by atoms with Crippen LogP contribution < -0.4 is 10.1 Å². The summed E-state index contributed by atoms with van der Waals surface area (Å²) in [4.78, 5) is 22.4. The van der Waals surface area contributed by atoms with Crippen LogP contribution in [-0.4, -0.2) is 29.7 Å². The lowest BCUT2D eigenvalue weighted by molar-refractivity contribution is -0.385. The summed E-state index contributed by atoms with van der Waals surface area (Å²) in [7, 11) is 1.41. The molecular formula is C17H26N2O4S. The van der Waals surface area contributed by atoms with E-state index in [0.717, 1.165) is 18.4 Å². The van der Waals surface area contributed by atoms with Gasteiger partial charge in [-0.15, -0.1) is 11.8 Å². The number of amides is 1. The average molecular weight is 354 g/mol. The number of hydrogen-bond acceptors (Lipinski definition) is 5. The van der Waals surface area contributed by atoms with Crippen molar-refractivity contribution in [3.63, 3.8) is 0 Å². The molecule has 0 spiro atoms. The van der Waals surface area contributed by atoms with Gasteiger partial charge in [0.1, 0.15) is 0 Å². The molecule has 0 fully saturated rings. The Labute approximate surface area is 147 Å². The number of carbonyl (C=O) groups is 1. The van der Waals surface area contributed by atoms with E-state index in [9.17, 15) is 14.9 Å². The first kappa shape index (κ1) is 20.3. The molecule has 24 heavy (non-hydrogen) atoms. The SMILES string of the molecule is CCCCCC(C)NC(=O)CSCc1ccc(OC)c([N+](=O)[O-])c1. The molecule has 0 aliphatic carbocycles. The lowest BCUT2D eigenvalue weighted by Crippen LogP contribution is -2.33. The Morgan fingerprint density at radius 1 is 1.42 bits per heavy atom. The fourth-order valence-electron chi connectivity index (χ4n) is 2.32. The monoisotopic (exact) mass is 354 g/mol. The van der Waals surface area contributed by atoms with Gasteiger partial charge in [-0.2, -0.15) is 0 Å². The molecule has 134 valence electrons. The smallest absolute Gasteiger partial charge is 0.311 e. The van der Waals surface area contributed by atoms with Crippen LogP contribution in [0.15, 0.2) is 18.2 Å². The summed E-state index contributed by atoms with van der Waals surface area (Å²) in [6.45, 7) is 4.18. The Morgan fingerprint density at radius 2 is 2.17 bits per heavy atom. The minimum absolute atomic E-state index is 0.00649. The van der Waals surface area contributed by atoms with Crippen molar-refractivity contribution in [2.45, 2.75) is 51.3 Å². The molecule has 1 aromatic rings. The molecule has 1 unspecified atom stereocenters. The number of rotatable bonds is 11. The van der Waals surface area contributed by atoms with Gasteiger partial charge in [0.05, 0.1) is 17.8 Å². The normalized spacial score (nSPS) is 11.8. The van der Waals surface area contributed by atoms with Crippen LogP contribution in [0.4, 0.5) is 5.69 Å². The van der Waals surface area contributed by atoms with E-state index >= 15 is 0 Å². The zero-order valence-corrected chi connectivity index (χ0v) is 15.4. The van der Waals surface area contributed by atoms with Crippen LogP contribution in [0.3, 0.4) is 0 Å². The molecule has 1 amide bonds. The summed E-state index contributed by atoms with van der Waals surface area (Å²) in [5.41, 5.74) is 0.751. The fourth-order valence-corrected chi connectivity index (χ4v) is 3.10. The number of nitrogens with zero attached hydrogens (tertiary/aromatic N) is 1. The predicted octanol–water partition coefficient (Wildman–Crippen LogP) is 3.92. The Hall–Kier alpha value is -1.76. The second-order valence-electron chi connectivity index (χ2n) is 5.72. The highest BCUT2D eigenvalue weighted by molar-refractivity contribution is 7.99. The first-order valence-corrected chi connectivity index (χ1v) is 9.31. The minimum Gasteiger partial charge on any atom is -0.490 e. The van der Waals surface area contributed by atoms with Gasteiger partial charge in [0.2, 0.25) is 5.91 Å². The van der Waals surface area contributed by atoms with Gasteiger partial charge in [0.15, 0.2) is 5.75 Å². The van der Waals surface area contributed by atoms with Crippen LogP contribution >= 0.6 is 11.8 Å². The number of unbranched alkanes of at least 4 members (excludes halogenated alkanes) is 2. The van der Waals surface area contributed by atoms with E-state index in [1.165, 1.54) is 37.8 Å². The minimum atomic E-state index is -0.461. The Kier molecular flexibility index (Phi) is 9.22. The Bertz CT molecular complexity index is 551. The first-order chi connectivity index (χ1) is 11.5. The van der Waals surface area contributed by atoms with Gasteiger partial charge in [0.25, 0.3) is 0 Å². The summed E-state index contributed by atoms with van der Waals surface area (Å²) in [5.74, 6) is 1.14. The van der Waals surface area contributed by atoms with Gasteiger partial charge >= 0.3 is 5.69 Å². The van der Waals surface area contributed by atoms with E-state index in [0.29, 0.717) is 11.5 Å².